The van der Waals surface area contributed by atoms with Crippen LogP contribution in [0, 0.1) is 0 Å². The first kappa shape index (κ1) is 19.4. The standard InChI is InChI=1S/C21H27N5O3/c1-2-25-12-10-21(9-7-20(25)28)13-17(16-5-3-4-6-18(16)29-21)24-19(27)8-11-26-15-22-14-23-26/h3-6,14-15,17H,2,7-13H2,1H3,(H,24,27). The molecule has 2 aromatic rings. The molecule has 0 radical (unpaired) electrons. The van der Waals surface area contributed by atoms with Gasteiger partial charge >= 0.3 is 0 Å². The molecule has 1 spiro atoms. The highest BCUT2D eigenvalue weighted by Gasteiger charge is 2.43. The topological polar surface area (TPSA) is 89.4 Å². The zero-order chi connectivity index (χ0) is 20.3. The minimum Gasteiger partial charge on any atom is -0.487 e. The molecule has 1 N–H and O–H groups in total. The van der Waals surface area contributed by atoms with Gasteiger partial charge in [0.1, 0.15) is 24.0 Å². The Morgan fingerprint density at radius 2 is 2.21 bits per heavy atom. The number of likely N-dealkylation sites (tertiary alicyclic amines) is 1. The highest BCUT2D eigenvalue weighted by Crippen LogP contribution is 2.44. The van der Waals surface area contributed by atoms with Crippen LogP contribution in [0.2, 0.25) is 0 Å². The Balaban J connectivity index is 1.50. The molecule has 154 valence electrons. The Morgan fingerprint density at radius 1 is 1.34 bits per heavy atom. The predicted octanol–water partition coefficient (Wildman–Crippen LogP) is 2.08. The molecule has 2 aliphatic rings. The molecular formula is C21H27N5O3. The molecule has 3 heterocycles. The summed E-state index contributed by atoms with van der Waals surface area (Å²) in [5.74, 6) is 0.954. The average Bonchev–Trinajstić information content (AvgIpc) is 3.20. The number of nitrogens with zero attached hydrogens (tertiary/aromatic N) is 4. The molecular weight excluding hydrogens is 370 g/mol. The number of carbonyl (C=O) groups excluding carboxylic acids is 2. The van der Waals surface area contributed by atoms with E-state index in [4.69, 9.17) is 4.74 Å². The summed E-state index contributed by atoms with van der Waals surface area (Å²) in [5, 5.41) is 7.23. The second-order valence-corrected chi connectivity index (χ2v) is 7.78. The number of nitrogens with one attached hydrogen (secondary N) is 1. The van der Waals surface area contributed by atoms with Crippen LogP contribution in [-0.4, -0.2) is 50.2 Å². The van der Waals surface area contributed by atoms with Crippen LogP contribution in [0.15, 0.2) is 36.9 Å². The van der Waals surface area contributed by atoms with Crippen LogP contribution in [-0.2, 0) is 16.1 Å². The SMILES string of the molecule is CCN1CCC2(CCC1=O)CC(NC(=O)CCn1cncn1)c1ccccc1O2. The zero-order valence-electron chi connectivity index (χ0n) is 16.7. The lowest BCUT2D eigenvalue weighted by Crippen LogP contribution is -2.46. The summed E-state index contributed by atoms with van der Waals surface area (Å²) in [5.41, 5.74) is 0.563. The lowest BCUT2D eigenvalue weighted by molar-refractivity contribution is -0.130. The monoisotopic (exact) mass is 397 g/mol. The third-order valence-electron chi connectivity index (χ3n) is 5.93. The van der Waals surface area contributed by atoms with Crippen LogP contribution in [0.4, 0.5) is 0 Å². The third kappa shape index (κ3) is 4.26. The Bertz CT molecular complexity index is 869. The van der Waals surface area contributed by atoms with Gasteiger partial charge in [0.2, 0.25) is 11.8 Å². The van der Waals surface area contributed by atoms with Gasteiger partial charge in [-0.05, 0) is 19.4 Å². The quantitative estimate of drug-likeness (QED) is 0.834. The molecule has 2 unspecified atom stereocenters. The molecule has 2 amide bonds. The van der Waals surface area contributed by atoms with Crippen LogP contribution >= 0.6 is 0 Å². The predicted molar refractivity (Wildman–Crippen MR) is 106 cm³/mol. The van der Waals surface area contributed by atoms with E-state index in [0.29, 0.717) is 45.3 Å². The van der Waals surface area contributed by atoms with Crippen LogP contribution in [0.1, 0.15) is 50.6 Å². The van der Waals surface area contributed by atoms with E-state index in [-0.39, 0.29) is 17.9 Å². The Labute approximate surface area is 170 Å². The van der Waals surface area contributed by atoms with Crippen molar-refractivity contribution >= 4 is 11.8 Å². The highest BCUT2D eigenvalue weighted by molar-refractivity contribution is 5.77. The highest BCUT2D eigenvalue weighted by atomic mass is 16.5. The summed E-state index contributed by atoms with van der Waals surface area (Å²) in [6.07, 6.45) is 5.98. The molecule has 1 aromatic carbocycles. The van der Waals surface area contributed by atoms with E-state index in [0.717, 1.165) is 17.7 Å². The normalized spacial score (nSPS) is 24.0. The van der Waals surface area contributed by atoms with E-state index < -0.39 is 5.60 Å². The van der Waals surface area contributed by atoms with Crippen molar-refractivity contribution in [2.45, 2.75) is 57.2 Å². The van der Waals surface area contributed by atoms with Crippen molar-refractivity contribution in [3.05, 3.63) is 42.5 Å². The fraction of sp³-hybridized carbons (Fsp3) is 0.524. The number of aryl methyl sites for hydroxylation is 1. The molecule has 0 bridgehead atoms. The minimum absolute atomic E-state index is 0.0303. The third-order valence-corrected chi connectivity index (χ3v) is 5.93. The van der Waals surface area contributed by atoms with Gasteiger partial charge in [0, 0.05) is 44.3 Å². The lowest BCUT2D eigenvalue weighted by atomic mass is 9.82. The number of hydrogen-bond acceptors (Lipinski definition) is 5. The first-order valence-corrected chi connectivity index (χ1v) is 10.3. The number of carbonyl (C=O) groups is 2. The van der Waals surface area contributed by atoms with Crippen LogP contribution < -0.4 is 10.1 Å². The largest absolute Gasteiger partial charge is 0.487 e. The number of ether oxygens (including phenoxy) is 1. The molecule has 1 saturated heterocycles. The zero-order valence-corrected chi connectivity index (χ0v) is 16.7. The summed E-state index contributed by atoms with van der Waals surface area (Å²) in [6, 6.07) is 7.73. The molecule has 8 nitrogen and oxygen atoms in total. The van der Waals surface area contributed by atoms with Crippen LogP contribution in [0.3, 0.4) is 0 Å². The summed E-state index contributed by atoms with van der Waals surface area (Å²) in [4.78, 5) is 30.8. The Kier molecular flexibility index (Phi) is 5.51. The number of para-hydroxylation sites is 1. The van der Waals surface area contributed by atoms with Crippen LogP contribution in [0.25, 0.3) is 0 Å². The number of aromatic nitrogens is 3. The first-order valence-electron chi connectivity index (χ1n) is 10.3. The van der Waals surface area contributed by atoms with E-state index in [2.05, 4.69) is 15.4 Å². The van der Waals surface area contributed by atoms with Gasteiger partial charge < -0.3 is 15.0 Å². The summed E-state index contributed by atoms with van der Waals surface area (Å²) < 4.78 is 8.11. The maximum Gasteiger partial charge on any atom is 0.222 e. The fourth-order valence-corrected chi connectivity index (χ4v) is 4.30. The summed E-state index contributed by atoms with van der Waals surface area (Å²) >= 11 is 0. The second kappa shape index (κ2) is 8.23. The molecule has 1 fully saturated rings. The van der Waals surface area contributed by atoms with Crippen molar-refractivity contribution in [3.63, 3.8) is 0 Å². The van der Waals surface area contributed by atoms with E-state index in [1.165, 1.54) is 6.33 Å². The second-order valence-electron chi connectivity index (χ2n) is 7.78. The number of amides is 2. The van der Waals surface area contributed by atoms with E-state index >= 15 is 0 Å². The van der Waals surface area contributed by atoms with Gasteiger partial charge in [0.25, 0.3) is 0 Å². The van der Waals surface area contributed by atoms with Crippen molar-refractivity contribution in [3.8, 4) is 5.75 Å². The molecule has 0 saturated carbocycles. The number of benzene rings is 1. The number of fused-ring (bicyclic) bond motifs is 1. The van der Waals surface area contributed by atoms with Crippen molar-refractivity contribution < 1.29 is 14.3 Å². The lowest BCUT2D eigenvalue weighted by Gasteiger charge is -2.42. The van der Waals surface area contributed by atoms with E-state index in [9.17, 15) is 9.59 Å². The van der Waals surface area contributed by atoms with Gasteiger partial charge in [-0.1, -0.05) is 18.2 Å². The average molecular weight is 397 g/mol. The molecule has 2 aliphatic heterocycles. The molecule has 4 rings (SSSR count). The molecule has 0 aliphatic carbocycles. The first-order chi connectivity index (χ1) is 14.1. The Hall–Kier alpha value is -2.90. The molecule has 29 heavy (non-hydrogen) atoms. The minimum atomic E-state index is -0.433. The summed E-state index contributed by atoms with van der Waals surface area (Å²) in [6.45, 7) is 3.89. The molecule has 1 aromatic heterocycles. The van der Waals surface area contributed by atoms with Crippen molar-refractivity contribution in [1.29, 1.82) is 0 Å². The van der Waals surface area contributed by atoms with Crippen LogP contribution in [0.5, 0.6) is 5.75 Å². The van der Waals surface area contributed by atoms with Gasteiger partial charge in [-0.2, -0.15) is 5.10 Å². The number of rotatable bonds is 5. The van der Waals surface area contributed by atoms with Crippen molar-refractivity contribution in [2.24, 2.45) is 0 Å². The molecule has 2 atom stereocenters. The van der Waals surface area contributed by atoms with Gasteiger partial charge in [0.05, 0.1) is 12.6 Å². The van der Waals surface area contributed by atoms with Gasteiger partial charge in [0.15, 0.2) is 0 Å². The maximum absolute atomic E-state index is 12.6. The van der Waals surface area contributed by atoms with Gasteiger partial charge in [-0.25, -0.2) is 4.98 Å². The Morgan fingerprint density at radius 3 is 3.00 bits per heavy atom. The van der Waals surface area contributed by atoms with Gasteiger partial charge in [-0.3, -0.25) is 14.3 Å². The smallest absolute Gasteiger partial charge is 0.222 e. The van der Waals surface area contributed by atoms with Gasteiger partial charge in [-0.15, -0.1) is 0 Å². The van der Waals surface area contributed by atoms with E-state index in [1.807, 2.05) is 36.1 Å². The number of hydrogen-bond donors (Lipinski definition) is 1. The summed E-state index contributed by atoms with van der Waals surface area (Å²) in [7, 11) is 0. The molecule has 8 heteroatoms. The van der Waals surface area contributed by atoms with E-state index in [1.54, 1.807) is 11.0 Å². The maximum atomic E-state index is 12.6. The van der Waals surface area contributed by atoms with Crippen molar-refractivity contribution in [1.82, 2.24) is 25.0 Å². The fourth-order valence-electron chi connectivity index (χ4n) is 4.30. The van der Waals surface area contributed by atoms with Crippen molar-refractivity contribution in [2.75, 3.05) is 13.1 Å².